The molecular formula is C27H35N7O3. The summed E-state index contributed by atoms with van der Waals surface area (Å²) in [6.45, 7) is 2.79. The number of fused-ring (bicyclic) bond motifs is 1. The normalized spacial score (nSPS) is 24.6. The topological polar surface area (TPSA) is 131 Å². The van der Waals surface area contributed by atoms with Crippen LogP contribution in [0, 0.1) is 0 Å². The highest BCUT2D eigenvalue weighted by atomic mass is 16.5. The number of rotatable bonds is 7. The highest BCUT2D eigenvalue weighted by Crippen LogP contribution is 2.34. The molecule has 3 aliphatic rings. The molecule has 0 spiro atoms. The number of hydrogen-bond acceptors (Lipinski definition) is 8. The predicted octanol–water partition coefficient (Wildman–Crippen LogP) is 2.90. The van der Waals surface area contributed by atoms with Crippen LogP contribution in [-0.2, 0) is 4.74 Å². The number of ether oxygens (including phenoxy) is 2. The SMILES string of the molecule is NC1CCC[C@@H]1NC(=O)c1cc(N2CCC(c3c[nH]c4ncccc34)CC2)nc(OC[C@H]2CCCO2)n1. The zero-order valence-corrected chi connectivity index (χ0v) is 21.1. The van der Waals surface area contributed by atoms with Gasteiger partial charge in [-0.15, -0.1) is 0 Å². The smallest absolute Gasteiger partial charge is 0.319 e. The second-order valence-electron chi connectivity index (χ2n) is 10.4. The lowest BCUT2D eigenvalue weighted by Gasteiger charge is -2.33. The van der Waals surface area contributed by atoms with Crippen LogP contribution < -0.4 is 20.7 Å². The maximum absolute atomic E-state index is 13.2. The van der Waals surface area contributed by atoms with Gasteiger partial charge in [0.1, 0.15) is 23.8 Å². The number of aromatic nitrogens is 4. The van der Waals surface area contributed by atoms with Gasteiger partial charge in [-0.05, 0) is 68.6 Å². The van der Waals surface area contributed by atoms with Crippen molar-refractivity contribution >= 4 is 22.8 Å². The van der Waals surface area contributed by atoms with E-state index >= 15 is 0 Å². The number of H-pyrrole nitrogens is 1. The number of anilines is 1. The number of piperidine rings is 1. The average molecular weight is 506 g/mol. The quantitative estimate of drug-likeness (QED) is 0.447. The van der Waals surface area contributed by atoms with Crippen molar-refractivity contribution in [2.75, 3.05) is 31.2 Å². The van der Waals surface area contributed by atoms with E-state index < -0.39 is 0 Å². The van der Waals surface area contributed by atoms with Crippen LogP contribution in [0.2, 0.25) is 0 Å². The summed E-state index contributed by atoms with van der Waals surface area (Å²) < 4.78 is 11.6. The number of nitrogens with two attached hydrogens (primary N) is 1. The van der Waals surface area contributed by atoms with Gasteiger partial charge in [-0.2, -0.15) is 9.97 Å². The lowest BCUT2D eigenvalue weighted by Crippen LogP contribution is -2.44. The first-order chi connectivity index (χ1) is 18.1. The number of aromatic amines is 1. The fourth-order valence-corrected chi connectivity index (χ4v) is 5.84. The molecule has 10 heteroatoms. The largest absolute Gasteiger partial charge is 0.461 e. The third-order valence-electron chi connectivity index (χ3n) is 7.97. The van der Waals surface area contributed by atoms with Gasteiger partial charge in [0, 0.05) is 55.6 Å². The predicted molar refractivity (Wildman–Crippen MR) is 140 cm³/mol. The molecule has 10 nitrogen and oxygen atoms in total. The van der Waals surface area contributed by atoms with E-state index in [9.17, 15) is 4.79 Å². The van der Waals surface area contributed by atoms with Crippen LogP contribution >= 0.6 is 0 Å². The molecule has 2 saturated heterocycles. The van der Waals surface area contributed by atoms with Gasteiger partial charge in [0.15, 0.2) is 0 Å². The third kappa shape index (κ3) is 5.26. The molecule has 37 heavy (non-hydrogen) atoms. The molecule has 1 unspecified atom stereocenters. The Morgan fingerprint density at radius 1 is 1.19 bits per heavy atom. The van der Waals surface area contributed by atoms with Crippen LogP contribution in [0.15, 0.2) is 30.6 Å². The molecule has 3 aromatic heterocycles. The zero-order chi connectivity index (χ0) is 25.2. The lowest BCUT2D eigenvalue weighted by molar-refractivity contribution is 0.0643. The molecule has 4 N–H and O–H groups in total. The Labute approximate surface area is 216 Å². The maximum atomic E-state index is 13.2. The maximum Gasteiger partial charge on any atom is 0.319 e. The van der Waals surface area contributed by atoms with Crippen molar-refractivity contribution in [2.24, 2.45) is 5.73 Å². The number of amides is 1. The van der Waals surface area contributed by atoms with Crippen molar-refractivity contribution in [3.63, 3.8) is 0 Å². The average Bonchev–Trinajstić information content (AvgIpc) is 3.69. The molecule has 3 aromatic rings. The summed E-state index contributed by atoms with van der Waals surface area (Å²) in [6, 6.07) is 6.08. The highest BCUT2D eigenvalue weighted by Gasteiger charge is 2.28. The van der Waals surface area contributed by atoms with Crippen molar-refractivity contribution in [1.82, 2.24) is 25.3 Å². The summed E-state index contributed by atoms with van der Waals surface area (Å²) >= 11 is 0. The van der Waals surface area contributed by atoms with Gasteiger partial charge in [-0.3, -0.25) is 4.79 Å². The molecule has 0 aromatic carbocycles. The van der Waals surface area contributed by atoms with Gasteiger partial charge in [-0.25, -0.2) is 4.98 Å². The van der Waals surface area contributed by atoms with Crippen LogP contribution in [0.3, 0.4) is 0 Å². The summed E-state index contributed by atoms with van der Waals surface area (Å²) in [6.07, 6.45) is 10.8. The molecule has 196 valence electrons. The van der Waals surface area contributed by atoms with Gasteiger partial charge in [0.2, 0.25) is 0 Å². The van der Waals surface area contributed by atoms with E-state index in [1.54, 1.807) is 6.07 Å². The zero-order valence-electron chi connectivity index (χ0n) is 21.1. The van der Waals surface area contributed by atoms with E-state index in [-0.39, 0.29) is 30.1 Å². The van der Waals surface area contributed by atoms with Crippen LogP contribution in [0.1, 0.15) is 66.9 Å². The second kappa shape index (κ2) is 10.6. The lowest BCUT2D eigenvalue weighted by atomic mass is 9.89. The monoisotopic (exact) mass is 505 g/mol. The number of nitrogens with one attached hydrogen (secondary N) is 2. The summed E-state index contributed by atoms with van der Waals surface area (Å²) in [5.41, 5.74) is 8.75. The molecule has 6 rings (SSSR count). The van der Waals surface area contributed by atoms with Crippen molar-refractivity contribution in [1.29, 1.82) is 0 Å². The number of hydrogen-bond donors (Lipinski definition) is 3. The number of pyridine rings is 1. The second-order valence-corrected chi connectivity index (χ2v) is 10.4. The first kappa shape index (κ1) is 24.1. The van der Waals surface area contributed by atoms with Crippen LogP contribution in [-0.4, -0.2) is 70.3 Å². The molecule has 1 aliphatic carbocycles. The van der Waals surface area contributed by atoms with E-state index in [4.69, 9.17) is 20.2 Å². The van der Waals surface area contributed by atoms with Gasteiger partial charge in [-0.1, -0.05) is 0 Å². The fraction of sp³-hybridized carbons (Fsp3) is 0.556. The Hall–Kier alpha value is -3.24. The summed E-state index contributed by atoms with van der Waals surface area (Å²) in [7, 11) is 0. The van der Waals surface area contributed by atoms with Crippen molar-refractivity contribution in [3.05, 3.63) is 41.9 Å². The minimum absolute atomic E-state index is 0.0146. The summed E-state index contributed by atoms with van der Waals surface area (Å²) in [5, 5.41) is 4.27. The minimum Gasteiger partial charge on any atom is -0.461 e. The number of nitrogens with zero attached hydrogens (tertiary/aromatic N) is 4. The first-order valence-electron chi connectivity index (χ1n) is 13.5. The Kier molecular flexibility index (Phi) is 6.93. The number of carbonyl (C=O) groups is 1. The van der Waals surface area contributed by atoms with Gasteiger partial charge >= 0.3 is 6.01 Å². The molecule has 1 saturated carbocycles. The van der Waals surface area contributed by atoms with Gasteiger partial charge in [0.05, 0.1) is 6.10 Å². The van der Waals surface area contributed by atoms with Crippen molar-refractivity contribution < 1.29 is 14.3 Å². The Bertz CT molecular complexity index is 1230. The molecule has 2 aliphatic heterocycles. The Morgan fingerprint density at radius 3 is 2.86 bits per heavy atom. The number of carbonyl (C=O) groups excluding carboxylic acids is 1. The Morgan fingerprint density at radius 2 is 2.08 bits per heavy atom. The van der Waals surface area contributed by atoms with Crippen LogP contribution in [0.25, 0.3) is 11.0 Å². The summed E-state index contributed by atoms with van der Waals surface area (Å²) in [4.78, 5) is 32.3. The van der Waals surface area contributed by atoms with E-state index in [2.05, 4.69) is 37.4 Å². The molecule has 0 bridgehead atoms. The molecular weight excluding hydrogens is 470 g/mol. The van der Waals surface area contributed by atoms with E-state index in [0.717, 1.165) is 76.1 Å². The molecule has 3 fully saturated rings. The summed E-state index contributed by atoms with van der Waals surface area (Å²) in [5.74, 6) is 0.935. The molecule has 3 atom stereocenters. The van der Waals surface area contributed by atoms with Gasteiger partial charge < -0.3 is 30.4 Å². The van der Waals surface area contributed by atoms with Gasteiger partial charge in [0.25, 0.3) is 5.91 Å². The van der Waals surface area contributed by atoms with Crippen LogP contribution in [0.4, 0.5) is 5.82 Å². The van der Waals surface area contributed by atoms with E-state index in [1.165, 1.54) is 10.9 Å². The van der Waals surface area contributed by atoms with E-state index in [1.807, 2.05) is 12.3 Å². The van der Waals surface area contributed by atoms with Crippen molar-refractivity contribution in [3.8, 4) is 6.01 Å². The third-order valence-corrected chi connectivity index (χ3v) is 7.97. The molecule has 0 radical (unpaired) electrons. The fourth-order valence-electron chi connectivity index (χ4n) is 5.84. The molecule has 1 amide bonds. The standard InChI is InChI=1S/C27H35N7O3/c28-21-6-1-7-22(21)31-26(35)23-14-24(33-27(32-23)37-16-18-4-3-13-36-18)34-11-8-17(9-12-34)20-15-30-25-19(20)5-2-10-29-25/h2,5,10,14-15,17-18,21-22H,1,3-4,6-9,11-13,16,28H2,(H,29,30)(H,31,35)/t18-,21?,22+/m1/s1. The molecule has 5 heterocycles. The minimum atomic E-state index is -0.228. The van der Waals surface area contributed by atoms with E-state index in [0.29, 0.717) is 18.2 Å². The van der Waals surface area contributed by atoms with Crippen LogP contribution in [0.5, 0.6) is 6.01 Å². The first-order valence-corrected chi connectivity index (χ1v) is 13.5. The van der Waals surface area contributed by atoms with Crippen molar-refractivity contribution in [2.45, 2.75) is 69.1 Å². The Balaban J connectivity index is 1.19. The highest BCUT2D eigenvalue weighted by molar-refractivity contribution is 5.93.